The summed E-state index contributed by atoms with van der Waals surface area (Å²) in [4.78, 5) is 2.39. The number of benzene rings is 9. The van der Waals surface area contributed by atoms with E-state index in [0.717, 1.165) is 17.1 Å². The maximum absolute atomic E-state index is 2.53. The molecule has 0 amide bonds. The van der Waals surface area contributed by atoms with Crippen LogP contribution >= 0.6 is 0 Å². The van der Waals surface area contributed by atoms with Gasteiger partial charge in [-0.2, -0.15) is 0 Å². The molecule has 2 aliphatic carbocycles. The van der Waals surface area contributed by atoms with E-state index in [1.807, 2.05) is 0 Å². The van der Waals surface area contributed by atoms with E-state index in [1.54, 1.807) is 0 Å². The number of nitrogens with zero attached hydrogens (tertiary/aromatic N) is 1. The maximum atomic E-state index is 2.53. The quantitative estimate of drug-likeness (QED) is 0.168. The minimum Gasteiger partial charge on any atom is -0.310 e. The standard InChI is InChI=1S/C52H37N/c1-33(2)34-24-27-38(28-25-34)53(37-14-4-3-5-15-37)39-29-26-35-31-46-49(32-36(35)30-39)52(47-22-12-10-18-42(47)43-19-11-13-23-48(43)52)51-45-21-9-7-17-41(45)40-16-6-8-20-44(40)50(46)51/h3-33H,1-2H3. The smallest absolute Gasteiger partial charge is 0.0731 e. The van der Waals surface area contributed by atoms with Crippen LogP contribution in [0.3, 0.4) is 0 Å². The molecule has 1 nitrogen and oxygen atoms in total. The van der Waals surface area contributed by atoms with Gasteiger partial charge < -0.3 is 4.90 Å². The molecule has 2 aliphatic rings. The van der Waals surface area contributed by atoms with Crippen LogP contribution in [0.4, 0.5) is 17.1 Å². The summed E-state index contributed by atoms with van der Waals surface area (Å²) in [6.07, 6.45) is 0. The van der Waals surface area contributed by atoms with Crippen molar-refractivity contribution in [3.05, 3.63) is 210 Å². The largest absolute Gasteiger partial charge is 0.310 e. The predicted octanol–water partition coefficient (Wildman–Crippen LogP) is 14.1. The Bertz CT molecular complexity index is 2870. The van der Waals surface area contributed by atoms with Gasteiger partial charge in [0.25, 0.3) is 0 Å². The van der Waals surface area contributed by atoms with Gasteiger partial charge in [-0.15, -0.1) is 0 Å². The molecule has 0 atom stereocenters. The summed E-state index contributed by atoms with van der Waals surface area (Å²) in [6, 6.07) is 68.3. The maximum Gasteiger partial charge on any atom is 0.0731 e. The zero-order valence-corrected chi connectivity index (χ0v) is 29.8. The fourth-order valence-electron chi connectivity index (χ4n) is 9.71. The molecule has 250 valence electrons. The average molecular weight is 676 g/mol. The molecule has 0 heterocycles. The summed E-state index contributed by atoms with van der Waals surface area (Å²) in [5.74, 6) is 0.480. The van der Waals surface area contributed by atoms with Gasteiger partial charge in [0.1, 0.15) is 0 Å². The van der Waals surface area contributed by atoms with E-state index >= 15 is 0 Å². The molecule has 0 bridgehead atoms. The normalized spacial score (nSPS) is 13.4. The summed E-state index contributed by atoms with van der Waals surface area (Å²) in [6.45, 7) is 4.51. The van der Waals surface area contributed by atoms with Crippen molar-refractivity contribution in [2.24, 2.45) is 0 Å². The van der Waals surface area contributed by atoms with Crippen molar-refractivity contribution < 1.29 is 0 Å². The molecule has 0 fully saturated rings. The van der Waals surface area contributed by atoms with Crippen molar-refractivity contribution in [3.8, 4) is 22.3 Å². The summed E-state index contributed by atoms with van der Waals surface area (Å²) in [5, 5.41) is 7.75. The molecule has 0 N–H and O–H groups in total. The summed E-state index contributed by atoms with van der Waals surface area (Å²) in [7, 11) is 0. The summed E-state index contributed by atoms with van der Waals surface area (Å²) >= 11 is 0. The SMILES string of the molecule is CC(C)c1ccc(N(c2ccccc2)c2ccc3cc4c(cc3c2)C2(c3ccccc3-c3ccccc32)c2c-4c3ccccc3c3ccccc23)cc1. The molecule has 0 radical (unpaired) electrons. The zero-order chi connectivity index (χ0) is 35.3. The van der Waals surface area contributed by atoms with Gasteiger partial charge in [0.15, 0.2) is 0 Å². The molecule has 0 aliphatic heterocycles. The lowest BCUT2D eigenvalue weighted by molar-refractivity contribution is 0.803. The highest BCUT2D eigenvalue weighted by Gasteiger charge is 2.53. The van der Waals surface area contributed by atoms with E-state index < -0.39 is 5.41 Å². The van der Waals surface area contributed by atoms with Crippen LogP contribution < -0.4 is 4.90 Å². The van der Waals surface area contributed by atoms with Crippen LogP contribution in [-0.4, -0.2) is 0 Å². The van der Waals surface area contributed by atoms with Crippen LogP contribution in [0.25, 0.3) is 54.6 Å². The third kappa shape index (κ3) is 4.14. The molecule has 0 saturated heterocycles. The Morgan fingerprint density at radius 2 is 0.943 bits per heavy atom. The molecule has 11 rings (SSSR count). The zero-order valence-electron chi connectivity index (χ0n) is 29.8. The van der Waals surface area contributed by atoms with Crippen LogP contribution in [0.1, 0.15) is 47.6 Å². The van der Waals surface area contributed by atoms with E-state index in [1.165, 1.54) is 82.4 Å². The van der Waals surface area contributed by atoms with Crippen LogP contribution in [-0.2, 0) is 5.41 Å². The first-order valence-corrected chi connectivity index (χ1v) is 18.8. The first kappa shape index (κ1) is 30.2. The Morgan fingerprint density at radius 1 is 0.396 bits per heavy atom. The molecule has 53 heavy (non-hydrogen) atoms. The van der Waals surface area contributed by atoms with Gasteiger partial charge in [-0.05, 0) is 137 Å². The molecule has 0 aromatic heterocycles. The van der Waals surface area contributed by atoms with Gasteiger partial charge in [0, 0.05) is 17.1 Å². The van der Waals surface area contributed by atoms with E-state index in [4.69, 9.17) is 0 Å². The van der Waals surface area contributed by atoms with E-state index in [2.05, 4.69) is 201 Å². The highest BCUT2D eigenvalue weighted by Crippen LogP contribution is 2.65. The molecule has 1 spiro atoms. The molecule has 0 unspecified atom stereocenters. The molecular weight excluding hydrogens is 639 g/mol. The Morgan fingerprint density at radius 3 is 1.62 bits per heavy atom. The number of anilines is 3. The Hall–Kier alpha value is -6.44. The number of fused-ring (bicyclic) bond motifs is 16. The second kappa shape index (κ2) is 11.3. The first-order valence-electron chi connectivity index (χ1n) is 18.8. The lowest BCUT2D eigenvalue weighted by Crippen LogP contribution is -2.26. The van der Waals surface area contributed by atoms with Crippen molar-refractivity contribution >= 4 is 49.4 Å². The van der Waals surface area contributed by atoms with Crippen LogP contribution in [0.2, 0.25) is 0 Å². The van der Waals surface area contributed by atoms with E-state index in [0.29, 0.717) is 5.92 Å². The van der Waals surface area contributed by atoms with Crippen molar-refractivity contribution in [2.75, 3.05) is 4.90 Å². The topological polar surface area (TPSA) is 3.24 Å². The van der Waals surface area contributed by atoms with Crippen LogP contribution in [0.5, 0.6) is 0 Å². The minimum atomic E-state index is -0.461. The number of hydrogen-bond acceptors (Lipinski definition) is 1. The fourth-order valence-corrected chi connectivity index (χ4v) is 9.71. The summed E-state index contributed by atoms with van der Waals surface area (Å²) in [5.41, 5.74) is 15.2. The number of hydrogen-bond donors (Lipinski definition) is 0. The molecular formula is C52H37N. The lowest BCUT2D eigenvalue weighted by Gasteiger charge is -2.32. The van der Waals surface area contributed by atoms with E-state index in [-0.39, 0.29) is 0 Å². The van der Waals surface area contributed by atoms with Gasteiger partial charge in [-0.1, -0.05) is 147 Å². The molecule has 9 aromatic carbocycles. The third-order valence-corrected chi connectivity index (χ3v) is 12.0. The third-order valence-electron chi connectivity index (χ3n) is 12.0. The molecule has 1 heteroatoms. The lowest BCUT2D eigenvalue weighted by atomic mass is 9.69. The van der Waals surface area contributed by atoms with Crippen LogP contribution in [0.15, 0.2) is 182 Å². The second-order valence-corrected chi connectivity index (χ2v) is 15.0. The second-order valence-electron chi connectivity index (χ2n) is 15.0. The molecule has 9 aromatic rings. The van der Waals surface area contributed by atoms with E-state index in [9.17, 15) is 0 Å². The van der Waals surface area contributed by atoms with Gasteiger partial charge in [-0.25, -0.2) is 0 Å². The highest BCUT2D eigenvalue weighted by molar-refractivity contribution is 6.20. The molecule has 0 saturated carbocycles. The van der Waals surface area contributed by atoms with Gasteiger partial charge >= 0.3 is 0 Å². The average Bonchev–Trinajstić information content (AvgIpc) is 3.68. The van der Waals surface area contributed by atoms with Gasteiger partial charge in [-0.3, -0.25) is 0 Å². The van der Waals surface area contributed by atoms with Crippen molar-refractivity contribution in [1.82, 2.24) is 0 Å². The van der Waals surface area contributed by atoms with Crippen molar-refractivity contribution in [1.29, 1.82) is 0 Å². The van der Waals surface area contributed by atoms with Crippen molar-refractivity contribution in [3.63, 3.8) is 0 Å². The van der Waals surface area contributed by atoms with Gasteiger partial charge in [0.2, 0.25) is 0 Å². The Labute approximate surface area is 310 Å². The predicted molar refractivity (Wildman–Crippen MR) is 224 cm³/mol. The number of rotatable bonds is 4. The first-order chi connectivity index (χ1) is 26.1. The van der Waals surface area contributed by atoms with Gasteiger partial charge in [0.05, 0.1) is 5.41 Å². The fraction of sp³-hybridized carbons (Fsp3) is 0.0769. The monoisotopic (exact) mass is 675 g/mol. The Balaban J connectivity index is 1.24. The van der Waals surface area contributed by atoms with Crippen molar-refractivity contribution in [2.45, 2.75) is 25.2 Å². The van der Waals surface area contributed by atoms with Crippen LogP contribution in [0, 0.1) is 0 Å². The Kier molecular flexibility index (Phi) is 6.43. The summed E-state index contributed by atoms with van der Waals surface area (Å²) < 4.78 is 0. The highest BCUT2D eigenvalue weighted by atomic mass is 15.1. The number of para-hydroxylation sites is 1. The minimum absolute atomic E-state index is 0.461.